The minimum absolute atomic E-state index is 0.0170. The van der Waals surface area contributed by atoms with Crippen LogP contribution in [-0.2, 0) is 32.6 Å². The number of amides is 2. The van der Waals surface area contributed by atoms with Crippen molar-refractivity contribution in [2.24, 2.45) is 0 Å². The van der Waals surface area contributed by atoms with Crippen molar-refractivity contribution in [3.05, 3.63) is 129 Å². The van der Waals surface area contributed by atoms with Gasteiger partial charge in [0.05, 0.1) is 15.6 Å². The lowest BCUT2D eigenvalue weighted by atomic mass is 10.0. The average molecular weight is 718 g/mol. The molecule has 0 aliphatic carbocycles. The van der Waals surface area contributed by atoms with Crippen molar-refractivity contribution < 1.29 is 18.0 Å². The molecule has 4 aromatic rings. The fraction of sp³-hybridized carbons (Fsp3) is 0.212. The number of hydrogen-bond donors (Lipinski definition) is 1. The van der Waals surface area contributed by atoms with E-state index in [1.165, 1.54) is 35.2 Å². The van der Waals surface area contributed by atoms with Crippen molar-refractivity contribution in [3.8, 4) is 0 Å². The summed E-state index contributed by atoms with van der Waals surface area (Å²) < 4.78 is 29.9. The Bertz CT molecular complexity index is 1690. The summed E-state index contributed by atoms with van der Waals surface area (Å²) in [7, 11) is -4.27. The van der Waals surface area contributed by atoms with Crippen LogP contribution in [0.15, 0.2) is 112 Å². The third-order valence-electron chi connectivity index (χ3n) is 6.76. The zero-order valence-electron chi connectivity index (χ0n) is 24.2. The van der Waals surface area contributed by atoms with E-state index in [4.69, 9.17) is 23.2 Å². The van der Waals surface area contributed by atoms with Crippen molar-refractivity contribution in [3.63, 3.8) is 0 Å². The lowest BCUT2D eigenvalue weighted by molar-refractivity contribution is -0.140. The number of benzene rings is 4. The van der Waals surface area contributed by atoms with Gasteiger partial charge in [0.25, 0.3) is 10.0 Å². The molecule has 2 amide bonds. The van der Waals surface area contributed by atoms with Crippen LogP contribution in [0.2, 0.25) is 10.0 Å². The quantitative estimate of drug-likeness (QED) is 0.169. The molecule has 44 heavy (non-hydrogen) atoms. The highest BCUT2D eigenvalue weighted by molar-refractivity contribution is 9.10. The van der Waals surface area contributed by atoms with Crippen LogP contribution in [0.25, 0.3) is 0 Å². The molecule has 230 valence electrons. The second kappa shape index (κ2) is 15.1. The maximum absolute atomic E-state index is 14.4. The second-order valence-corrected chi connectivity index (χ2v) is 14.1. The molecule has 0 aliphatic heterocycles. The van der Waals surface area contributed by atoms with Gasteiger partial charge in [-0.3, -0.25) is 13.9 Å². The molecular formula is C33H32BrCl2N3O4S. The van der Waals surface area contributed by atoms with Crippen molar-refractivity contribution in [2.75, 3.05) is 10.8 Å². The van der Waals surface area contributed by atoms with E-state index < -0.39 is 28.5 Å². The summed E-state index contributed by atoms with van der Waals surface area (Å²) in [5.41, 5.74) is 1.70. The third kappa shape index (κ3) is 8.63. The molecular weight excluding hydrogens is 685 g/mol. The molecule has 0 heterocycles. The number of carbonyl (C=O) groups is 2. The van der Waals surface area contributed by atoms with Gasteiger partial charge in [-0.15, -0.1) is 0 Å². The van der Waals surface area contributed by atoms with Crippen LogP contribution < -0.4 is 9.62 Å². The molecule has 0 saturated heterocycles. The number of halogens is 3. The molecule has 0 aliphatic rings. The highest BCUT2D eigenvalue weighted by atomic mass is 79.9. The zero-order chi connectivity index (χ0) is 31.9. The third-order valence-corrected chi connectivity index (χ3v) is 9.60. The van der Waals surface area contributed by atoms with Crippen LogP contribution in [0.3, 0.4) is 0 Å². The predicted octanol–water partition coefficient (Wildman–Crippen LogP) is 7.12. The van der Waals surface area contributed by atoms with Crippen LogP contribution in [0.1, 0.15) is 25.0 Å². The van der Waals surface area contributed by atoms with E-state index in [1.54, 1.807) is 18.2 Å². The standard InChI is InChI=1S/C33H32BrCl2N3O4S/c1-23(2)37-33(41)31(19-24-9-5-3-6-10-24)38(21-25-13-15-26(34)16-14-25)32(40)22-39(30-18-17-27(35)20-29(30)36)44(42,43)28-11-7-4-8-12-28/h3-18,20,23,31H,19,21-22H2,1-2H3,(H,37,41). The number of nitrogens with zero attached hydrogens (tertiary/aromatic N) is 2. The van der Waals surface area contributed by atoms with Gasteiger partial charge in [0.15, 0.2) is 0 Å². The Hall–Kier alpha value is -3.37. The Morgan fingerprint density at radius 2 is 1.45 bits per heavy atom. The molecule has 11 heteroatoms. The van der Waals surface area contributed by atoms with Crippen LogP contribution in [0.5, 0.6) is 0 Å². The van der Waals surface area contributed by atoms with Gasteiger partial charge in [0.2, 0.25) is 11.8 Å². The van der Waals surface area contributed by atoms with Crippen molar-refractivity contribution in [1.29, 1.82) is 0 Å². The molecule has 0 radical (unpaired) electrons. The Balaban J connectivity index is 1.82. The summed E-state index contributed by atoms with van der Waals surface area (Å²) in [6, 6.07) is 27.8. The molecule has 1 N–H and O–H groups in total. The molecule has 0 aromatic heterocycles. The number of carbonyl (C=O) groups excluding carboxylic acids is 2. The first-order chi connectivity index (χ1) is 21.0. The number of rotatable bonds is 12. The Kier molecular flexibility index (Phi) is 11.5. The number of hydrogen-bond acceptors (Lipinski definition) is 4. The monoisotopic (exact) mass is 715 g/mol. The van der Waals surface area contributed by atoms with Gasteiger partial charge in [-0.05, 0) is 67.4 Å². The summed E-state index contributed by atoms with van der Waals surface area (Å²) in [6.45, 7) is 3.13. The minimum atomic E-state index is -4.27. The lowest BCUT2D eigenvalue weighted by Crippen LogP contribution is -2.54. The summed E-state index contributed by atoms with van der Waals surface area (Å²) in [5, 5.41) is 3.31. The second-order valence-electron chi connectivity index (χ2n) is 10.4. The van der Waals surface area contributed by atoms with E-state index in [1.807, 2.05) is 68.4 Å². The van der Waals surface area contributed by atoms with Gasteiger partial charge in [0, 0.05) is 28.5 Å². The van der Waals surface area contributed by atoms with E-state index in [0.717, 1.165) is 19.9 Å². The normalized spacial score (nSPS) is 12.0. The average Bonchev–Trinajstić information content (AvgIpc) is 2.99. The van der Waals surface area contributed by atoms with Crippen LogP contribution >= 0.6 is 39.1 Å². The predicted molar refractivity (Wildman–Crippen MR) is 179 cm³/mol. The van der Waals surface area contributed by atoms with Gasteiger partial charge < -0.3 is 10.2 Å². The van der Waals surface area contributed by atoms with E-state index in [0.29, 0.717) is 5.02 Å². The molecule has 0 bridgehead atoms. The van der Waals surface area contributed by atoms with Gasteiger partial charge >= 0.3 is 0 Å². The van der Waals surface area contributed by atoms with Crippen molar-refractivity contribution in [2.45, 2.75) is 43.8 Å². The summed E-state index contributed by atoms with van der Waals surface area (Å²) in [5.74, 6) is -0.936. The summed E-state index contributed by atoms with van der Waals surface area (Å²) >= 11 is 16.1. The van der Waals surface area contributed by atoms with Crippen molar-refractivity contribution >= 4 is 66.7 Å². The first-order valence-electron chi connectivity index (χ1n) is 13.9. The SMILES string of the molecule is CC(C)NC(=O)C(Cc1ccccc1)N(Cc1ccc(Br)cc1)C(=O)CN(c1ccc(Cl)cc1Cl)S(=O)(=O)c1ccccc1. The van der Waals surface area contributed by atoms with E-state index in [9.17, 15) is 18.0 Å². The zero-order valence-corrected chi connectivity index (χ0v) is 28.1. The number of anilines is 1. The molecule has 0 saturated carbocycles. The highest BCUT2D eigenvalue weighted by Crippen LogP contribution is 2.33. The van der Waals surface area contributed by atoms with Crippen molar-refractivity contribution in [1.82, 2.24) is 10.2 Å². The fourth-order valence-electron chi connectivity index (χ4n) is 4.64. The largest absolute Gasteiger partial charge is 0.352 e. The smallest absolute Gasteiger partial charge is 0.264 e. The van der Waals surface area contributed by atoms with Gasteiger partial charge in [-0.1, -0.05) is 99.8 Å². The highest BCUT2D eigenvalue weighted by Gasteiger charge is 2.35. The van der Waals surface area contributed by atoms with Gasteiger partial charge in [-0.25, -0.2) is 8.42 Å². The Labute approximate surface area is 277 Å². The number of sulfonamides is 1. The Morgan fingerprint density at radius 3 is 2.05 bits per heavy atom. The molecule has 1 unspecified atom stereocenters. The van der Waals surface area contributed by atoms with E-state index in [2.05, 4.69) is 21.2 Å². The minimum Gasteiger partial charge on any atom is -0.352 e. The molecule has 1 atom stereocenters. The number of nitrogens with one attached hydrogen (secondary N) is 1. The van der Waals surface area contributed by atoms with Gasteiger partial charge in [0.1, 0.15) is 12.6 Å². The topological polar surface area (TPSA) is 86.8 Å². The first kappa shape index (κ1) is 33.5. The Morgan fingerprint density at radius 1 is 0.841 bits per heavy atom. The summed E-state index contributed by atoms with van der Waals surface area (Å²) in [4.78, 5) is 29.6. The molecule has 0 fully saturated rings. The molecule has 4 rings (SSSR count). The first-order valence-corrected chi connectivity index (χ1v) is 16.9. The molecule has 7 nitrogen and oxygen atoms in total. The summed E-state index contributed by atoms with van der Waals surface area (Å²) in [6.07, 6.45) is 0.217. The van der Waals surface area contributed by atoms with E-state index >= 15 is 0 Å². The van der Waals surface area contributed by atoms with Crippen LogP contribution in [-0.4, -0.2) is 43.8 Å². The molecule has 4 aromatic carbocycles. The lowest BCUT2D eigenvalue weighted by Gasteiger charge is -2.34. The van der Waals surface area contributed by atoms with E-state index in [-0.39, 0.29) is 40.5 Å². The van der Waals surface area contributed by atoms with Crippen LogP contribution in [0.4, 0.5) is 5.69 Å². The maximum Gasteiger partial charge on any atom is 0.264 e. The fourth-order valence-corrected chi connectivity index (χ4v) is 6.92. The van der Waals surface area contributed by atoms with Gasteiger partial charge in [-0.2, -0.15) is 0 Å². The molecule has 0 spiro atoms. The van der Waals surface area contributed by atoms with Crippen LogP contribution in [0, 0.1) is 0 Å². The maximum atomic E-state index is 14.4.